The second kappa shape index (κ2) is 12.7. The quantitative estimate of drug-likeness (QED) is 0.327. The molecule has 4 atom stereocenters. The molecule has 1 aliphatic heterocycles. The average molecular weight is 450 g/mol. The van der Waals surface area contributed by atoms with Crippen molar-refractivity contribution in [2.45, 2.75) is 44.0 Å². The van der Waals surface area contributed by atoms with E-state index < -0.39 is 30.1 Å². The van der Waals surface area contributed by atoms with Crippen molar-refractivity contribution in [2.75, 3.05) is 6.54 Å². The van der Waals surface area contributed by atoms with Gasteiger partial charge in [-0.1, -0.05) is 60.7 Å². The molecule has 1 saturated heterocycles. The third-order valence-corrected chi connectivity index (χ3v) is 5.74. The highest BCUT2D eigenvalue weighted by atomic mass is 16.3. The number of hydrogen-bond acceptors (Lipinski definition) is 5. The van der Waals surface area contributed by atoms with Crippen molar-refractivity contribution >= 4 is 24.2 Å². The van der Waals surface area contributed by atoms with E-state index in [2.05, 4.69) is 16.0 Å². The summed E-state index contributed by atoms with van der Waals surface area (Å²) >= 11 is 0. The summed E-state index contributed by atoms with van der Waals surface area (Å²) in [5, 5.41) is 18.6. The molecule has 2 unspecified atom stereocenters. The van der Waals surface area contributed by atoms with Crippen LogP contribution < -0.4 is 16.0 Å². The van der Waals surface area contributed by atoms with E-state index in [-0.39, 0.29) is 12.3 Å². The first-order valence-corrected chi connectivity index (χ1v) is 11.3. The predicted octanol–water partition coefficient (Wildman–Crippen LogP) is 1.82. The fourth-order valence-electron chi connectivity index (χ4n) is 3.96. The van der Waals surface area contributed by atoms with E-state index in [0.29, 0.717) is 12.7 Å². The lowest BCUT2D eigenvalue weighted by Crippen LogP contribution is -2.52. The second-order valence-electron chi connectivity index (χ2n) is 8.28. The van der Waals surface area contributed by atoms with E-state index in [1.165, 1.54) is 6.08 Å². The molecule has 7 nitrogen and oxygen atoms in total. The Bertz CT molecular complexity index is 933. The van der Waals surface area contributed by atoms with Gasteiger partial charge in [0.15, 0.2) is 0 Å². The molecule has 1 heterocycles. The van der Waals surface area contributed by atoms with Crippen molar-refractivity contribution in [1.29, 1.82) is 0 Å². The van der Waals surface area contributed by atoms with E-state index in [1.807, 2.05) is 60.7 Å². The highest BCUT2D eigenvalue weighted by Crippen LogP contribution is 2.20. The molecule has 2 amide bonds. The lowest BCUT2D eigenvalue weighted by Gasteiger charge is -2.30. The Hall–Kier alpha value is -3.29. The Morgan fingerprint density at radius 2 is 1.76 bits per heavy atom. The highest BCUT2D eigenvalue weighted by Gasteiger charge is 2.28. The molecule has 2 aromatic carbocycles. The van der Waals surface area contributed by atoms with E-state index in [9.17, 15) is 19.5 Å². The lowest BCUT2D eigenvalue weighted by atomic mass is 9.91. The minimum absolute atomic E-state index is 0.120. The number of carbonyl (C=O) groups excluding carboxylic acids is 3. The van der Waals surface area contributed by atoms with Crippen molar-refractivity contribution < 1.29 is 19.5 Å². The van der Waals surface area contributed by atoms with Gasteiger partial charge in [0, 0.05) is 18.4 Å². The number of aldehydes is 1. The first kappa shape index (κ1) is 24.4. The monoisotopic (exact) mass is 449 g/mol. The smallest absolute Gasteiger partial charge is 0.244 e. The third kappa shape index (κ3) is 7.97. The molecule has 174 valence electrons. The number of carbonyl (C=O) groups is 3. The van der Waals surface area contributed by atoms with Crippen LogP contribution in [0.5, 0.6) is 0 Å². The van der Waals surface area contributed by atoms with Gasteiger partial charge >= 0.3 is 0 Å². The molecular formula is C26H31N3O4. The van der Waals surface area contributed by atoms with Crippen molar-refractivity contribution in [1.82, 2.24) is 16.0 Å². The van der Waals surface area contributed by atoms with Gasteiger partial charge in [-0.3, -0.25) is 14.9 Å². The molecular weight excluding hydrogens is 418 g/mol. The van der Waals surface area contributed by atoms with Crippen LogP contribution in [0, 0.1) is 5.92 Å². The van der Waals surface area contributed by atoms with E-state index in [1.54, 1.807) is 6.08 Å². The minimum atomic E-state index is -0.850. The summed E-state index contributed by atoms with van der Waals surface area (Å²) in [5.74, 6) is -0.953. The largest absolute Gasteiger partial charge is 0.378 e. The van der Waals surface area contributed by atoms with Crippen molar-refractivity contribution in [3.05, 3.63) is 77.9 Å². The van der Waals surface area contributed by atoms with Crippen molar-refractivity contribution in [2.24, 2.45) is 5.92 Å². The number of benzene rings is 2. The molecule has 33 heavy (non-hydrogen) atoms. The topological polar surface area (TPSA) is 108 Å². The van der Waals surface area contributed by atoms with Crippen LogP contribution in [0.4, 0.5) is 0 Å². The van der Waals surface area contributed by atoms with Gasteiger partial charge in [0.05, 0.1) is 6.04 Å². The Morgan fingerprint density at radius 1 is 1.06 bits per heavy atom. The van der Waals surface area contributed by atoms with Gasteiger partial charge in [-0.25, -0.2) is 0 Å². The molecule has 7 heteroatoms. The summed E-state index contributed by atoms with van der Waals surface area (Å²) in [4.78, 5) is 37.3. The van der Waals surface area contributed by atoms with Crippen molar-refractivity contribution in [3.8, 4) is 0 Å². The summed E-state index contributed by atoms with van der Waals surface area (Å²) in [5.41, 5.74) is 1.76. The number of amides is 2. The third-order valence-electron chi connectivity index (χ3n) is 5.74. The highest BCUT2D eigenvalue weighted by molar-refractivity contribution is 5.96. The molecule has 1 aliphatic rings. The van der Waals surface area contributed by atoms with Crippen LogP contribution in [0.2, 0.25) is 0 Å². The zero-order chi connectivity index (χ0) is 23.5. The molecule has 3 rings (SSSR count). The van der Waals surface area contributed by atoms with Crippen LogP contribution in [-0.4, -0.2) is 48.1 Å². The number of hydrogen-bond donors (Lipinski definition) is 4. The van der Waals surface area contributed by atoms with Gasteiger partial charge in [-0.2, -0.15) is 0 Å². The SMILES string of the molecule is O=CC(C[C@@H]1CCCNC1O)NC(=O)[C@H](Cc1ccccc1)NC(=O)/C=C/c1ccccc1. The summed E-state index contributed by atoms with van der Waals surface area (Å²) in [6, 6.07) is 17.2. The zero-order valence-corrected chi connectivity index (χ0v) is 18.5. The minimum Gasteiger partial charge on any atom is -0.378 e. The van der Waals surface area contributed by atoms with Crippen LogP contribution >= 0.6 is 0 Å². The van der Waals surface area contributed by atoms with Gasteiger partial charge in [0.1, 0.15) is 18.6 Å². The zero-order valence-electron chi connectivity index (χ0n) is 18.5. The predicted molar refractivity (Wildman–Crippen MR) is 127 cm³/mol. The molecule has 0 saturated carbocycles. The molecule has 4 N–H and O–H groups in total. The molecule has 0 bridgehead atoms. The molecule has 0 radical (unpaired) electrons. The number of aliphatic hydroxyl groups is 1. The molecule has 1 fully saturated rings. The first-order valence-electron chi connectivity index (χ1n) is 11.3. The first-order chi connectivity index (χ1) is 16.0. The number of piperidine rings is 1. The number of aliphatic hydroxyl groups excluding tert-OH is 1. The summed E-state index contributed by atoms with van der Waals surface area (Å²) in [6.07, 6.45) is 5.38. The molecule has 2 aromatic rings. The second-order valence-corrected chi connectivity index (χ2v) is 8.28. The van der Waals surface area contributed by atoms with Gasteiger partial charge in [0.25, 0.3) is 0 Å². The Kier molecular flexibility index (Phi) is 9.35. The van der Waals surface area contributed by atoms with Crippen LogP contribution in [0.3, 0.4) is 0 Å². The van der Waals surface area contributed by atoms with Gasteiger partial charge in [-0.15, -0.1) is 0 Å². The maximum absolute atomic E-state index is 13.1. The molecule has 0 spiro atoms. The maximum Gasteiger partial charge on any atom is 0.244 e. The van der Waals surface area contributed by atoms with Crippen LogP contribution in [-0.2, 0) is 20.8 Å². The van der Waals surface area contributed by atoms with E-state index in [4.69, 9.17) is 0 Å². The van der Waals surface area contributed by atoms with Crippen LogP contribution in [0.15, 0.2) is 66.7 Å². The normalized spacial score (nSPS) is 20.0. The van der Waals surface area contributed by atoms with E-state index in [0.717, 1.165) is 30.5 Å². The summed E-state index contributed by atoms with van der Waals surface area (Å²) < 4.78 is 0. The molecule has 0 aromatic heterocycles. The average Bonchev–Trinajstić information content (AvgIpc) is 2.84. The number of nitrogens with one attached hydrogen (secondary N) is 3. The lowest BCUT2D eigenvalue weighted by molar-refractivity contribution is -0.129. The fourth-order valence-corrected chi connectivity index (χ4v) is 3.96. The van der Waals surface area contributed by atoms with E-state index >= 15 is 0 Å². The van der Waals surface area contributed by atoms with Crippen molar-refractivity contribution in [3.63, 3.8) is 0 Å². The maximum atomic E-state index is 13.1. The van der Waals surface area contributed by atoms with Crippen LogP contribution in [0.1, 0.15) is 30.4 Å². The standard InChI is InChI=1S/C26H31N3O4/c30-18-22(17-21-12-7-15-27-25(21)32)28-26(33)23(16-20-10-5-2-6-11-20)29-24(31)14-13-19-8-3-1-4-9-19/h1-6,8-11,13-14,18,21-23,25,27,32H,7,12,15-17H2,(H,28,33)(H,29,31)/b14-13+/t21-,22?,23-,25?/m0/s1. The Balaban J connectivity index is 1.66. The van der Waals surface area contributed by atoms with Gasteiger partial charge < -0.3 is 20.5 Å². The molecule has 0 aliphatic carbocycles. The van der Waals surface area contributed by atoms with Crippen LogP contribution in [0.25, 0.3) is 6.08 Å². The van der Waals surface area contributed by atoms with Gasteiger partial charge in [0.2, 0.25) is 11.8 Å². The van der Waals surface area contributed by atoms with Gasteiger partial charge in [-0.05, 0) is 43.0 Å². The Labute approximate surface area is 194 Å². The summed E-state index contributed by atoms with van der Waals surface area (Å²) in [7, 11) is 0. The number of rotatable bonds is 10. The summed E-state index contributed by atoms with van der Waals surface area (Å²) in [6.45, 7) is 0.734. The fraction of sp³-hybridized carbons (Fsp3) is 0.346. The Morgan fingerprint density at radius 3 is 2.42 bits per heavy atom.